The molecule has 2 aromatic rings. The number of rotatable bonds is 2. The van der Waals surface area contributed by atoms with Gasteiger partial charge in [0.2, 0.25) is 0 Å². The summed E-state index contributed by atoms with van der Waals surface area (Å²) in [5.74, 6) is 0. The average molecular weight is 217 g/mol. The standard InChI is InChI=1S/C13H11ClN/c14-13(15-9-5-2-6-10-15)11-12-7-3-1-4-8-12/h1-11H/q+1. The summed E-state index contributed by atoms with van der Waals surface area (Å²) in [6.45, 7) is 0. The topological polar surface area (TPSA) is 3.88 Å². The van der Waals surface area contributed by atoms with Gasteiger partial charge in [0, 0.05) is 18.2 Å². The molecule has 0 saturated heterocycles. The Bertz CT molecular complexity index is 448. The van der Waals surface area contributed by atoms with E-state index in [0.717, 1.165) is 5.56 Å². The first-order valence-corrected chi connectivity index (χ1v) is 5.13. The van der Waals surface area contributed by atoms with E-state index in [1.807, 2.05) is 71.6 Å². The van der Waals surface area contributed by atoms with E-state index in [9.17, 15) is 0 Å². The van der Waals surface area contributed by atoms with Crippen LogP contribution in [0.3, 0.4) is 0 Å². The summed E-state index contributed by atoms with van der Waals surface area (Å²) < 4.78 is 1.87. The summed E-state index contributed by atoms with van der Waals surface area (Å²) in [6, 6.07) is 15.9. The van der Waals surface area contributed by atoms with E-state index >= 15 is 0 Å². The minimum atomic E-state index is 0.682. The number of halogens is 1. The highest BCUT2D eigenvalue weighted by Gasteiger charge is 2.03. The first-order valence-electron chi connectivity index (χ1n) is 4.75. The van der Waals surface area contributed by atoms with Gasteiger partial charge < -0.3 is 0 Å². The summed E-state index contributed by atoms with van der Waals surface area (Å²) in [5, 5.41) is 0.682. The average Bonchev–Trinajstić information content (AvgIpc) is 2.31. The second-order valence-corrected chi connectivity index (χ2v) is 3.55. The number of nitrogens with zero attached hydrogens (tertiary/aromatic N) is 1. The van der Waals surface area contributed by atoms with Crippen LogP contribution in [0.1, 0.15) is 5.56 Å². The molecule has 15 heavy (non-hydrogen) atoms. The van der Waals surface area contributed by atoms with Crippen molar-refractivity contribution in [1.82, 2.24) is 0 Å². The lowest BCUT2D eigenvalue weighted by Gasteiger charge is -1.93. The molecule has 1 aromatic heterocycles. The van der Waals surface area contributed by atoms with Crippen molar-refractivity contribution in [2.75, 3.05) is 0 Å². The summed E-state index contributed by atoms with van der Waals surface area (Å²) in [4.78, 5) is 0. The fourth-order valence-electron chi connectivity index (χ4n) is 1.30. The van der Waals surface area contributed by atoms with Gasteiger partial charge in [-0.3, -0.25) is 0 Å². The molecular weight excluding hydrogens is 206 g/mol. The highest BCUT2D eigenvalue weighted by atomic mass is 35.5. The first-order chi connectivity index (χ1) is 7.36. The number of benzene rings is 1. The Morgan fingerprint density at radius 1 is 0.933 bits per heavy atom. The van der Waals surface area contributed by atoms with Crippen molar-refractivity contribution in [3.05, 3.63) is 66.5 Å². The summed E-state index contributed by atoms with van der Waals surface area (Å²) in [7, 11) is 0. The lowest BCUT2D eigenvalue weighted by Crippen LogP contribution is -2.27. The maximum absolute atomic E-state index is 6.16. The molecule has 0 amide bonds. The van der Waals surface area contributed by atoms with Gasteiger partial charge in [-0.2, -0.15) is 4.57 Å². The third-order valence-corrected chi connectivity index (χ3v) is 2.35. The Labute approximate surface area is 94.3 Å². The van der Waals surface area contributed by atoms with Crippen LogP contribution < -0.4 is 4.57 Å². The van der Waals surface area contributed by atoms with Crippen LogP contribution in [0.25, 0.3) is 11.2 Å². The molecule has 0 spiro atoms. The Hall–Kier alpha value is -1.60. The second-order valence-electron chi connectivity index (χ2n) is 3.16. The maximum atomic E-state index is 6.16. The number of aromatic nitrogens is 1. The van der Waals surface area contributed by atoms with Crippen LogP contribution in [-0.2, 0) is 0 Å². The van der Waals surface area contributed by atoms with Crippen LogP contribution in [0, 0.1) is 0 Å². The van der Waals surface area contributed by atoms with Crippen LogP contribution in [-0.4, -0.2) is 0 Å². The van der Waals surface area contributed by atoms with Gasteiger partial charge in [0.1, 0.15) is 0 Å². The normalized spacial score (nSPS) is 11.4. The van der Waals surface area contributed by atoms with Gasteiger partial charge in [0.25, 0.3) is 5.16 Å². The zero-order chi connectivity index (χ0) is 10.5. The summed E-state index contributed by atoms with van der Waals surface area (Å²) >= 11 is 6.16. The van der Waals surface area contributed by atoms with Gasteiger partial charge in [0.15, 0.2) is 12.4 Å². The van der Waals surface area contributed by atoms with Crippen LogP contribution in [0.4, 0.5) is 0 Å². The lowest BCUT2D eigenvalue weighted by molar-refractivity contribution is -0.573. The predicted octanol–water partition coefficient (Wildman–Crippen LogP) is 3.17. The van der Waals surface area contributed by atoms with Crippen LogP contribution in [0.2, 0.25) is 0 Å². The highest BCUT2D eigenvalue weighted by molar-refractivity contribution is 6.45. The van der Waals surface area contributed by atoms with Crippen molar-refractivity contribution in [1.29, 1.82) is 0 Å². The Kier molecular flexibility index (Phi) is 3.15. The molecule has 1 aromatic carbocycles. The molecule has 0 saturated carbocycles. The SMILES string of the molecule is ClC(=Cc1ccccc1)[n+]1ccccc1. The highest BCUT2D eigenvalue weighted by Crippen LogP contribution is 2.08. The van der Waals surface area contributed by atoms with Gasteiger partial charge in [-0.1, -0.05) is 36.4 Å². The van der Waals surface area contributed by atoms with Crippen molar-refractivity contribution in [3.63, 3.8) is 0 Å². The molecule has 2 heteroatoms. The van der Waals surface area contributed by atoms with Crippen LogP contribution >= 0.6 is 11.6 Å². The molecule has 0 N–H and O–H groups in total. The molecule has 1 heterocycles. The van der Waals surface area contributed by atoms with Crippen molar-refractivity contribution in [2.24, 2.45) is 0 Å². The van der Waals surface area contributed by atoms with Crippen molar-refractivity contribution < 1.29 is 4.57 Å². The molecule has 2 rings (SSSR count). The van der Waals surface area contributed by atoms with E-state index in [1.165, 1.54) is 0 Å². The van der Waals surface area contributed by atoms with E-state index in [1.54, 1.807) is 0 Å². The summed E-state index contributed by atoms with van der Waals surface area (Å²) in [6.07, 6.45) is 5.77. The molecule has 0 aliphatic rings. The fourth-order valence-corrected chi connectivity index (χ4v) is 1.54. The Morgan fingerprint density at radius 3 is 2.20 bits per heavy atom. The van der Waals surface area contributed by atoms with Gasteiger partial charge in [0.05, 0.1) is 0 Å². The van der Waals surface area contributed by atoms with Crippen LogP contribution in [0.15, 0.2) is 60.9 Å². The van der Waals surface area contributed by atoms with Gasteiger partial charge in [-0.15, -0.1) is 0 Å². The Balaban J connectivity index is 2.29. The third kappa shape index (κ3) is 2.67. The molecule has 74 valence electrons. The smallest absolute Gasteiger partial charge is 0.157 e. The second kappa shape index (κ2) is 4.76. The molecule has 0 aliphatic heterocycles. The van der Waals surface area contributed by atoms with E-state index in [2.05, 4.69) is 0 Å². The number of hydrogen-bond donors (Lipinski definition) is 0. The van der Waals surface area contributed by atoms with Gasteiger partial charge >= 0.3 is 0 Å². The maximum Gasteiger partial charge on any atom is 0.280 e. The zero-order valence-electron chi connectivity index (χ0n) is 8.18. The third-order valence-electron chi connectivity index (χ3n) is 2.05. The molecule has 0 aliphatic carbocycles. The predicted molar refractivity (Wildman–Crippen MR) is 63.1 cm³/mol. The molecule has 1 nitrogen and oxygen atoms in total. The largest absolute Gasteiger partial charge is 0.280 e. The van der Waals surface area contributed by atoms with E-state index < -0.39 is 0 Å². The van der Waals surface area contributed by atoms with E-state index in [0.29, 0.717) is 5.16 Å². The molecule has 0 bridgehead atoms. The van der Waals surface area contributed by atoms with Gasteiger partial charge in [-0.05, 0) is 17.2 Å². The van der Waals surface area contributed by atoms with E-state index in [-0.39, 0.29) is 0 Å². The first kappa shape index (κ1) is 9.94. The minimum absolute atomic E-state index is 0.682. The Morgan fingerprint density at radius 2 is 1.53 bits per heavy atom. The van der Waals surface area contributed by atoms with Crippen molar-refractivity contribution in [3.8, 4) is 0 Å². The van der Waals surface area contributed by atoms with Gasteiger partial charge in [-0.25, -0.2) is 0 Å². The summed E-state index contributed by atoms with van der Waals surface area (Å²) in [5.41, 5.74) is 1.10. The van der Waals surface area contributed by atoms with Crippen molar-refractivity contribution >= 4 is 22.8 Å². The molecule has 0 fully saturated rings. The van der Waals surface area contributed by atoms with E-state index in [4.69, 9.17) is 11.6 Å². The minimum Gasteiger partial charge on any atom is -0.157 e. The number of hydrogen-bond acceptors (Lipinski definition) is 0. The molecule has 0 atom stereocenters. The molecular formula is C13H11ClN+. The van der Waals surface area contributed by atoms with Crippen molar-refractivity contribution in [2.45, 2.75) is 0 Å². The fraction of sp³-hybridized carbons (Fsp3) is 0. The molecule has 0 unspecified atom stereocenters. The zero-order valence-corrected chi connectivity index (χ0v) is 8.93. The monoisotopic (exact) mass is 216 g/mol. The molecule has 0 radical (unpaired) electrons. The quantitative estimate of drug-likeness (QED) is 0.679. The lowest BCUT2D eigenvalue weighted by atomic mass is 10.2. The number of pyridine rings is 1. The van der Waals surface area contributed by atoms with Crippen LogP contribution in [0.5, 0.6) is 0 Å².